The minimum absolute atomic E-state index is 0.256. The number of halogens is 1. The Balaban J connectivity index is 2.11. The van der Waals surface area contributed by atoms with Crippen molar-refractivity contribution in [3.63, 3.8) is 0 Å². The molecule has 0 aliphatic rings. The van der Waals surface area contributed by atoms with Gasteiger partial charge in [0, 0.05) is 25.5 Å². The van der Waals surface area contributed by atoms with Crippen molar-refractivity contribution in [1.29, 1.82) is 5.26 Å². The van der Waals surface area contributed by atoms with Gasteiger partial charge in [-0.3, -0.25) is 0 Å². The number of aryl methyl sites for hydroxylation is 2. The van der Waals surface area contributed by atoms with Crippen LogP contribution < -0.4 is 5.32 Å². The van der Waals surface area contributed by atoms with Crippen molar-refractivity contribution in [3.8, 4) is 6.07 Å². The molecule has 0 amide bonds. The van der Waals surface area contributed by atoms with E-state index < -0.39 is 0 Å². The highest BCUT2D eigenvalue weighted by atomic mass is 19.1. The summed E-state index contributed by atoms with van der Waals surface area (Å²) in [6.07, 6.45) is 1.89. The van der Waals surface area contributed by atoms with E-state index in [1.165, 1.54) is 12.1 Å². The molecular weight excluding hydrogens is 229 g/mol. The third kappa shape index (κ3) is 2.51. The molecule has 2 rings (SSSR count). The predicted molar refractivity (Wildman–Crippen MR) is 68.6 cm³/mol. The van der Waals surface area contributed by atoms with Gasteiger partial charge >= 0.3 is 0 Å². The number of benzene rings is 1. The molecule has 92 valence electrons. The van der Waals surface area contributed by atoms with Crippen LogP contribution in [0.5, 0.6) is 0 Å². The van der Waals surface area contributed by atoms with E-state index in [4.69, 9.17) is 5.26 Å². The number of aromatic nitrogens is 1. The standard InChI is InChI=1S/C14H14FN3/c1-10-3-4-12(15)6-14(10)17-8-11-5-13(7-16)18(2)9-11/h3-6,9,17H,8H2,1-2H3. The Morgan fingerprint density at radius 1 is 1.39 bits per heavy atom. The summed E-state index contributed by atoms with van der Waals surface area (Å²) >= 11 is 0. The minimum Gasteiger partial charge on any atom is -0.381 e. The summed E-state index contributed by atoms with van der Waals surface area (Å²) < 4.78 is 14.9. The SMILES string of the molecule is Cc1ccc(F)cc1NCc1cc(C#N)n(C)c1. The van der Waals surface area contributed by atoms with Crippen molar-refractivity contribution in [1.82, 2.24) is 4.57 Å². The van der Waals surface area contributed by atoms with Crippen LogP contribution in [0, 0.1) is 24.1 Å². The Morgan fingerprint density at radius 3 is 2.83 bits per heavy atom. The number of nitrogens with one attached hydrogen (secondary N) is 1. The molecular formula is C14H14FN3. The van der Waals surface area contributed by atoms with Crippen molar-refractivity contribution in [2.24, 2.45) is 7.05 Å². The average molecular weight is 243 g/mol. The molecule has 1 N–H and O–H groups in total. The molecule has 0 radical (unpaired) electrons. The maximum Gasteiger partial charge on any atom is 0.125 e. The van der Waals surface area contributed by atoms with Gasteiger partial charge in [-0.15, -0.1) is 0 Å². The predicted octanol–water partition coefficient (Wildman–Crippen LogP) is 2.96. The van der Waals surface area contributed by atoms with Crippen molar-refractivity contribution >= 4 is 5.69 Å². The Labute approximate surface area is 105 Å². The van der Waals surface area contributed by atoms with Gasteiger partial charge in [0.2, 0.25) is 0 Å². The van der Waals surface area contributed by atoms with Crippen molar-refractivity contribution < 1.29 is 4.39 Å². The minimum atomic E-state index is -0.256. The third-order valence-electron chi connectivity index (χ3n) is 2.86. The number of nitrogens with zero attached hydrogens (tertiary/aromatic N) is 2. The topological polar surface area (TPSA) is 40.8 Å². The van der Waals surface area contributed by atoms with Crippen LogP contribution in [0.4, 0.5) is 10.1 Å². The molecule has 1 aromatic heterocycles. The Morgan fingerprint density at radius 2 is 2.17 bits per heavy atom. The Bertz CT molecular complexity index is 608. The summed E-state index contributed by atoms with van der Waals surface area (Å²) in [5.74, 6) is -0.256. The van der Waals surface area contributed by atoms with Gasteiger partial charge in [-0.1, -0.05) is 6.07 Å². The lowest BCUT2D eigenvalue weighted by molar-refractivity contribution is 0.628. The first kappa shape index (κ1) is 12.2. The van der Waals surface area contributed by atoms with Crippen LogP contribution in [-0.4, -0.2) is 4.57 Å². The van der Waals surface area contributed by atoms with E-state index in [0.717, 1.165) is 16.8 Å². The average Bonchev–Trinajstić information content (AvgIpc) is 2.71. The second kappa shape index (κ2) is 4.92. The molecule has 4 heteroatoms. The summed E-state index contributed by atoms with van der Waals surface area (Å²) in [6, 6.07) is 8.59. The summed E-state index contributed by atoms with van der Waals surface area (Å²) in [6.45, 7) is 2.49. The molecule has 1 aromatic carbocycles. The van der Waals surface area contributed by atoms with E-state index >= 15 is 0 Å². The molecule has 0 fully saturated rings. The zero-order chi connectivity index (χ0) is 13.1. The zero-order valence-corrected chi connectivity index (χ0v) is 10.4. The van der Waals surface area contributed by atoms with Crippen LogP contribution >= 0.6 is 0 Å². The highest BCUT2D eigenvalue weighted by Gasteiger charge is 2.04. The smallest absolute Gasteiger partial charge is 0.125 e. The zero-order valence-electron chi connectivity index (χ0n) is 10.4. The molecule has 0 saturated carbocycles. The molecule has 0 saturated heterocycles. The largest absolute Gasteiger partial charge is 0.381 e. The van der Waals surface area contributed by atoms with Gasteiger partial charge in [-0.25, -0.2) is 4.39 Å². The fraction of sp³-hybridized carbons (Fsp3) is 0.214. The Hall–Kier alpha value is -2.28. The lowest BCUT2D eigenvalue weighted by Crippen LogP contribution is -2.00. The van der Waals surface area contributed by atoms with Crippen molar-refractivity contribution in [3.05, 3.63) is 53.1 Å². The Kier molecular flexibility index (Phi) is 3.33. The van der Waals surface area contributed by atoms with Crippen LogP contribution in [0.25, 0.3) is 0 Å². The fourth-order valence-electron chi connectivity index (χ4n) is 1.82. The molecule has 0 aliphatic carbocycles. The van der Waals surface area contributed by atoms with Crippen LogP contribution in [0.3, 0.4) is 0 Å². The third-order valence-corrected chi connectivity index (χ3v) is 2.86. The fourth-order valence-corrected chi connectivity index (χ4v) is 1.82. The number of hydrogen-bond acceptors (Lipinski definition) is 2. The molecule has 18 heavy (non-hydrogen) atoms. The van der Waals surface area contributed by atoms with Gasteiger partial charge in [-0.05, 0) is 36.2 Å². The molecule has 2 aromatic rings. The van der Waals surface area contributed by atoms with Crippen LogP contribution in [-0.2, 0) is 13.6 Å². The number of rotatable bonds is 3. The van der Waals surface area contributed by atoms with E-state index in [-0.39, 0.29) is 5.82 Å². The number of nitriles is 1. The lowest BCUT2D eigenvalue weighted by atomic mass is 10.2. The van der Waals surface area contributed by atoms with Crippen molar-refractivity contribution in [2.45, 2.75) is 13.5 Å². The maximum atomic E-state index is 13.1. The molecule has 1 heterocycles. The van der Waals surface area contributed by atoms with Gasteiger partial charge < -0.3 is 9.88 Å². The molecule has 0 bridgehead atoms. The van der Waals surface area contributed by atoms with E-state index in [2.05, 4.69) is 11.4 Å². The van der Waals surface area contributed by atoms with E-state index in [0.29, 0.717) is 12.2 Å². The first-order valence-corrected chi connectivity index (χ1v) is 5.65. The second-order valence-corrected chi connectivity index (χ2v) is 4.27. The van der Waals surface area contributed by atoms with E-state index in [1.54, 1.807) is 10.6 Å². The van der Waals surface area contributed by atoms with E-state index in [9.17, 15) is 4.39 Å². The van der Waals surface area contributed by atoms with Crippen LogP contribution in [0.2, 0.25) is 0 Å². The quantitative estimate of drug-likeness (QED) is 0.900. The van der Waals surface area contributed by atoms with Crippen LogP contribution in [0.1, 0.15) is 16.8 Å². The first-order chi connectivity index (χ1) is 8.60. The summed E-state index contributed by atoms with van der Waals surface area (Å²) in [5.41, 5.74) is 3.38. The van der Waals surface area contributed by atoms with Gasteiger partial charge in [-0.2, -0.15) is 5.26 Å². The molecule has 0 atom stereocenters. The van der Waals surface area contributed by atoms with E-state index in [1.807, 2.05) is 26.2 Å². The summed E-state index contributed by atoms with van der Waals surface area (Å²) in [5, 5.41) is 12.0. The van der Waals surface area contributed by atoms with Gasteiger partial charge in [0.15, 0.2) is 0 Å². The summed E-state index contributed by atoms with van der Waals surface area (Å²) in [7, 11) is 1.83. The monoisotopic (exact) mass is 243 g/mol. The molecule has 0 spiro atoms. The normalized spacial score (nSPS) is 10.1. The van der Waals surface area contributed by atoms with Gasteiger partial charge in [0.05, 0.1) is 0 Å². The maximum absolute atomic E-state index is 13.1. The van der Waals surface area contributed by atoms with Crippen molar-refractivity contribution in [2.75, 3.05) is 5.32 Å². The molecule has 0 aliphatic heterocycles. The number of anilines is 1. The molecule has 0 unspecified atom stereocenters. The summed E-state index contributed by atoms with van der Waals surface area (Å²) in [4.78, 5) is 0. The van der Waals surface area contributed by atoms with Gasteiger partial charge in [0.25, 0.3) is 0 Å². The number of hydrogen-bond donors (Lipinski definition) is 1. The van der Waals surface area contributed by atoms with Crippen LogP contribution in [0.15, 0.2) is 30.5 Å². The molecule has 3 nitrogen and oxygen atoms in total. The highest BCUT2D eigenvalue weighted by Crippen LogP contribution is 2.17. The lowest BCUT2D eigenvalue weighted by Gasteiger charge is -2.08. The van der Waals surface area contributed by atoms with Gasteiger partial charge in [0.1, 0.15) is 17.6 Å². The second-order valence-electron chi connectivity index (χ2n) is 4.27. The first-order valence-electron chi connectivity index (χ1n) is 5.65. The highest BCUT2D eigenvalue weighted by molar-refractivity contribution is 5.51.